The van der Waals surface area contributed by atoms with Crippen molar-refractivity contribution >= 4 is 11.6 Å². The van der Waals surface area contributed by atoms with Gasteiger partial charge in [0, 0.05) is 46.0 Å². The minimum absolute atomic E-state index is 0.411. The minimum atomic E-state index is 0.411. The van der Waals surface area contributed by atoms with Crippen LogP contribution in [0.1, 0.15) is 30.7 Å². The van der Waals surface area contributed by atoms with Crippen molar-refractivity contribution in [2.45, 2.75) is 31.2 Å². The van der Waals surface area contributed by atoms with E-state index >= 15 is 0 Å². The van der Waals surface area contributed by atoms with Crippen LogP contribution in [0.25, 0.3) is 0 Å². The van der Waals surface area contributed by atoms with Gasteiger partial charge in [-0.15, -0.1) is 0 Å². The fourth-order valence-corrected chi connectivity index (χ4v) is 4.10. The van der Waals surface area contributed by atoms with E-state index in [1.807, 2.05) is 25.0 Å². The van der Waals surface area contributed by atoms with Gasteiger partial charge in [0.1, 0.15) is 0 Å². The molecule has 2 fully saturated rings. The highest BCUT2D eigenvalue weighted by Crippen LogP contribution is 2.46. The van der Waals surface area contributed by atoms with Crippen LogP contribution in [-0.2, 0) is 7.05 Å². The Labute approximate surface area is 161 Å². The van der Waals surface area contributed by atoms with E-state index in [4.69, 9.17) is 0 Å². The lowest BCUT2D eigenvalue weighted by atomic mass is 10.1. The molecule has 1 aliphatic heterocycles. The second kappa shape index (κ2) is 8.03. The second-order valence-corrected chi connectivity index (χ2v) is 7.77. The molecular weight excluding hydrogens is 336 g/mol. The molecule has 0 spiro atoms. The van der Waals surface area contributed by atoms with Crippen molar-refractivity contribution < 1.29 is 0 Å². The van der Waals surface area contributed by atoms with Crippen LogP contribution in [0.5, 0.6) is 0 Å². The van der Waals surface area contributed by atoms with E-state index in [9.17, 15) is 0 Å². The number of nitrogens with zero attached hydrogens (tertiary/aromatic N) is 4. The van der Waals surface area contributed by atoms with Crippen LogP contribution in [0.4, 0.5) is 5.69 Å². The van der Waals surface area contributed by atoms with Gasteiger partial charge in [-0.1, -0.05) is 30.3 Å². The van der Waals surface area contributed by atoms with Crippen molar-refractivity contribution in [2.24, 2.45) is 18.0 Å². The smallest absolute Gasteiger partial charge is 0.191 e. The van der Waals surface area contributed by atoms with Gasteiger partial charge in [-0.05, 0) is 36.7 Å². The number of rotatable bonds is 5. The summed E-state index contributed by atoms with van der Waals surface area (Å²) in [6.07, 6.45) is 7.67. The topological polar surface area (TPSA) is 57.5 Å². The van der Waals surface area contributed by atoms with Crippen molar-refractivity contribution in [3.63, 3.8) is 0 Å². The van der Waals surface area contributed by atoms with Crippen LogP contribution >= 0.6 is 0 Å². The molecule has 0 radical (unpaired) electrons. The third kappa shape index (κ3) is 4.43. The number of aliphatic imine (C=N–C) groups is 1. The summed E-state index contributed by atoms with van der Waals surface area (Å²) in [5, 5.41) is 11.5. The third-order valence-corrected chi connectivity index (χ3v) is 5.72. The molecule has 6 heteroatoms. The number of hydrogen-bond donors (Lipinski definition) is 2. The molecule has 27 heavy (non-hydrogen) atoms. The van der Waals surface area contributed by atoms with Gasteiger partial charge in [-0.25, -0.2) is 0 Å². The molecule has 0 amide bonds. The zero-order valence-electron chi connectivity index (χ0n) is 16.3. The fourth-order valence-electron chi connectivity index (χ4n) is 4.10. The first-order chi connectivity index (χ1) is 13.2. The van der Waals surface area contributed by atoms with Crippen LogP contribution in [-0.4, -0.2) is 48.5 Å². The summed E-state index contributed by atoms with van der Waals surface area (Å²) in [5.41, 5.74) is 2.67. The highest BCUT2D eigenvalue weighted by Gasteiger charge is 2.38. The lowest BCUT2D eigenvalue weighted by Gasteiger charge is -2.34. The summed E-state index contributed by atoms with van der Waals surface area (Å²) in [7, 11) is 3.83. The summed E-state index contributed by atoms with van der Waals surface area (Å²) in [5.74, 6) is 2.34. The van der Waals surface area contributed by atoms with Crippen LogP contribution in [0, 0.1) is 5.92 Å². The van der Waals surface area contributed by atoms with E-state index in [1.165, 1.54) is 30.5 Å². The van der Waals surface area contributed by atoms with Gasteiger partial charge in [0.2, 0.25) is 0 Å². The maximum absolute atomic E-state index is 4.44. The molecule has 2 heterocycles. The summed E-state index contributed by atoms with van der Waals surface area (Å²) in [6.45, 7) is 3.07. The molecular formula is C21H30N6. The summed E-state index contributed by atoms with van der Waals surface area (Å²) in [6, 6.07) is 11.3. The monoisotopic (exact) mass is 366 g/mol. The standard InChI is InChI=1S/C21H30N6/c1-22-21(23-12-17-11-20(17)16-7-4-3-5-8-16)25-18-9-6-10-27(14-18)19-13-24-26(2)15-19/h3-5,7-8,13,15,17-18,20H,6,9-12,14H2,1-2H3,(H2,22,23,25). The SMILES string of the molecule is CN=C(NCC1CC1c1ccccc1)NC1CCCN(c2cnn(C)c2)C1. The van der Waals surface area contributed by atoms with Gasteiger partial charge in [0.15, 0.2) is 5.96 Å². The summed E-state index contributed by atoms with van der Waals surface area (Å²) < 4.78 is 1.87. The lowest BCUT2D eigenvalue weighted by Crippen LogP contribution is -2.51. The van der Waals surface area contributed by atoms with Crippen molar-refractivity contribution in [1.29, 1.82) is 0 Å². The Kier molecular flexibility index (Phi) is 5.32. The van der Waals surface area contributed by atoms with E-state index < -0.39 is 0 Å². The first kappa shape index (κ1) is 17.9. The number of aryl methyl sites for hydroxylation is 1. The molecule has 1 saturated carbocycles. The Morgan fingerprint density at radius 2 is 2.15 bits per heavy atom. The third-order valence-electron chi connectivity index (χ3n) is 5.72. The zero-order valence-corrected chi connectivity index (χ0v) is 16.3. The van der Waals surface area contributed by atoms with Gasteiger partial charge < -0.3 is 15.5 Å². The molecule has 6 nitrogen and oxygen atoms in total. The van der Waals surface area contributed by atoms with Crippen LogP contribution in [0.2, 0.25) is 0 Å². The zero-order chi connectivity index (χ0) is 18.6. The molecule has 0 bridgehead atoms. The lowest BCUT2D eigenvalue weighted by molar-refractivity contribution is 0.467. The van der Waals surface area contributed by atoms with Gasteiger partial charge in [-0.2, -0.15) is 5.10 Å². The summed E-state index contributed by atoms with van der Waals surface area (Å²) >= 11 is 0. The molecule has 144 valence electrons. The molecule has 3 atom stereocenters. The molecule has 1 saturated heterocycles. The Balaban J connectivity index is 1.25. The minimum Gasteiger partial charge on any atom is -0.367 e. The van der Waals surface area contributed by atoms with E-state index in [0.717, 1.165) is 25.6 Å². The van der Waals surface area contributed by atoms with Crippen LogP contribution < -0.4 is 15.5 Å². The van der Waals surface area contributed by atoms with Crippen molar-refractivity contribution in [2.75, 3.05) is 31.6 Å². The molecule has 3 unspecified atom stereocenters. The maximum atomic E-state index is 4.44. The van der Waals surface area contributed by atoms with Gasteiger partial charge in [0.05, 0.1) is 11.9 Å². The largest absolute Gasteiger partial charge is 0.367 e. The van der Waals surface area contributed by atoms with Crippen LogP contribution in [0.15, 0.2) is 47.7 Å². The second-order valence-electron chi connectivity index (χ2n) is 7.77. The predicted molar refractivity (Wildman–Crippen MR) is 110 cm³/mol. The van der Waals surface area contributed by atoms with E-state index in [0.29, 0.717) is 17.9 Å². The number of nitrogens with one attached hydrogen (secondary N) is 2. The predicted octanol–water partition coefficient (Wildman–Crippen LogP) is 2.36. The number of guanidine groups is 1. The first-order valence-corrected chi connectivity index (χ1v) is 9.98. The molecule has 4 rings (SSSR count). The number of anilines is 1. The Bertz CT molecular complexity index is 768. The van der Waals surface area contributed by atoms with Crippen molar-refractivity contribution in [3.05, 3.63) is 48.3 Å². The van der Waals surface area contributed by atoms with Gasteiger partial charge in [-0.3, -0.25) is 9.67 Å². The van der Waals surface area contributed by atoms with E-state index in [1.54, 1.807) is 0 Å². The maximum Gasteiger partial charge on any atom is 0.191 e. The number of hydrogen-bond acceptors (Lipinski definition) is 3. The number of benzene rings is 1. The molecule has 2 aromatic rings. The van der Waals surface area contributed by atoms with Crippen molar-refractivity contribution in [1.82, 2.24) is 20.4 Å². The quantitative estimate of drug-likeness (QED) is 0.630. The summed E-state index contributed by atoms with van der Waals surface area (Å²) in [4.78, 5) is 6.85. The average Bonchev–Trinajstić information content (AvgIpc) is 3.36. The Morgan fingerprint density at radius 3 is 2.89 bits per heavy atom. The van der Waals surface area contributed by atoms with Gasteiger partial charge in [0.25, 0.3) is 0 Å². The van der Waals surface area contributed by atoms with Crippen LogP contribution in [0.3, 0.4) is 0 Å². The Hall–Kier alpha value is -2.50. The first-order valence-electron chi connectivity index (χ1n) is 9.98. The van der Waals surface area contributed by atoms with Crippen molar-refractivity contribution in [3.8, 4) is 0 Å². The molecule has 2 N–H and O–H groups in total. The fraction of sp³-hybridized carbons (Fsp3) is 0.524. The number of aromatic nitrogens is 2. The van der Waals surface area contributed by atoms with Gasteiger partial charge >= 0.3 is 0 Å². The molecule has 1 aliphatic carbocycles. The molecule has 2 aliphatic rings. The normalized spacial score (nSPS) is 25.3. The highest BCUT2D eigenvalue weighted by atomic mass is 15.3. The van der Waals surface area contributed by atoms with E-state index in [-0.39, 0.29) is 0 Å². The van der Waals surface area contributed by atoms with E-state index in [2.05, 4.69) is 62.2 Å². The molecule has 1 aromatic heterocycles. The highest BCUT2D eigenvalue weighted by molar-refractivity contribution is 5.80. The number of piperidine rings is 1. The Morgan fingerprint density at radius 1 is 1.30 bits per heavy atom. The average molecular weight is 367 g/mol. The molecule has 1 aromatic carbocycles.